The Hall–Kier alpha value is -1.87. The van der Waals surface area contributed by atoms with Crippen LogP contribution < -0.4 is 5.32 Å². The highest BCUT2D eigenvalue weighted by Gasteiger charge is 2.37. The van der Waals surface area contributed by atoms with Gasteiger partial charge in [-0.15, -0.1) is 0 Å². The molecular formula is C18H20F6N2O. The number of hydrogen-bond donors (Lipinski definition) is 2. The lowest BCUT2D eigenvalue weighted by atomic mass is 9.99. The molecule has 0 fully saturated rings. The third-order valence-corrected chi connectivity index (χ3v) is 4.35. The van der Waals surface area contributed by atoms with Gasteiger partial charge in [-0.2, -0.15) is 26.3 Å². The lowest BCUT2D eigenvalue weighted by Gasteiger charge is -2.19. The monoisotopic (exact) mass is 394 g/mol. The number of halogens is 6. The normalized spacial score (nSPS) is 15.1. The largest absolute Gasteiger partial charge is 0.433 e. The van der Waals surface area contributed by atoms with Gasteiger partial charge in [0.15, 0.2) is 0 Å². The van der Waals surface area contributed by atoms with Gasteiger partial charge in [-0.3, -0.25) is 0 Å². The number of fused-ring (bicyclic) bond motifs is 1. The summed E-state index contributed by atoms with van der Waals surface area (Å²) in [4.78, 5) is 3.20. The Labute approximate surface area is 152 Å². The first kappa shape index (κ1) is 21.4. The van der Waals surface area contributed by atoms with E-state index in [1.165, 1.54) is 6.07 Å². The summed E-state index contributed by atoms with van der Waals surface area (Å²) in [5.41, 5.74) is -3.80. The molecule has 0 aliphatic carbocycles. The van der Waals surface area contributed by atoms with Crippen LogP contribution in [0.5, 0.6) is 0 Å². The third kappa shape index (κ3) is 5.10. The maximum atomic E-state index is 13.2. The molecule has 2 rings (SSSR count). The molecule has 0 saturated carbocycles. The predicted octanol–water partition coefficient (Wildman–Crippen LogP) is 4.94. The molecule has 1 aromatic heterocycles. The number of nitrogens with one attached hydrogen (secondary N) is 1. The van der Waals surface area contributed by atoms with E-state index in [0.29, 0.717) is 18.7 Å². The molecule has 2 atom stereocenters. The second-order valence-corrected chi connectivity index (χ2v) is 6.48. The van der Waals surface area contributed by atoms with Crippen molar-refractivity contribution in [3.05, 3.63) is 41.1 Å². The minimum Gasteiger partial charge on any atom is -0.387 e. The molecule has 0 aliphatic heterocycles. The number of nitrogens with zero attached hydrogens (tertiary/aromatic N) is 1. The molecular weight excluding hydrogens is 374 g/mol. The van der Waals surface area contributed by atoms with E-state index in [9.17, 15) is 31.4 Å². The van der Waals surface area contributed by atoms with Crippen LogP contribution in [0.2, 0.25) is 0 Å². The first-order valence-electron chi connectivity index (χ1n) is 8.42. The van der Waals surface area contributed by atoms with Crippen LogP contribution in [0.1, 0.15) is 43.2 Å². The third-order valence-electron chi connectivity index (χ3n) is 4.35. The minimum atomic E-state index is -4.94. The molecule has 27 heavy (non-hydrogen) atoms. The SMILES string of the molecule is CCC(C)CNCC(O)c1cc(C(F)(F)F)nc2c(C(F)(F)F)cccc12. The number of pyridine rings is 1. The van der Waals surface area contributed by atoms with E-state index in [2.05, 4.69) is 10.3 Å². The van der Waals surface area contributed by atoms with Crippen molar-refractivity contribution >= 4 is 10.9 Å². The number of aromatic nitrogens is 1. The van der Waals surface area contributed by atoms with Crippen molar-refractivity contribution in [2.75, 3.05) is 13.1 Å². The Balaban J connectivity index is 2.54. The molecule has 1 aromatic carbocycles. The zero-order valence-electron chi connectivity index (χ0n) is 14.7. The number of hydrogen-bond acceptors (Lipinski definition) is 3. The highest BCUT2D eigenvalue weighted by Crippen LogP contribution is 2.38. The number of benzene rings is 1. The average molecular weight is 394 g/mol. The van der Waals surface area contributed by atoms with Gasteiger partial charge in [-0.05, 0) is 30.2 Å². The fourth-order valence-corrected chi connectivity index (χ4v) is 2.65. The molecule has 2 aromatic rings. The van der Waals surface area contributed by atoms with E-state index in [1.54, 1.807) is 0 Å². The van der Waals surface area contributed by atoms with E-state index in [-0.39, 0.29) is 23.4 Å². The Kier molecular flexibility index (Phi) is 6.36. The maximum Gasteiger partial charge on any atom is 0.433 e. The van der Waals surface area contributed by atoms with E-state index in [4.69, 9.17) is 0 Å². The number of para-hydroxylation sites is 1. The number of aliphatic hydroxyl groups excluding tert-OH is 1. The number of aliphatic hydroxyl groups is 1. The van der Waals surface area contributed by atoms with Crippen molar-refractivity contribution in [2.45, 2.75) is 38.7 Å². The number of rotatable bonds is 6. The van der Waals surface area contributed by atoms with Crippen molar-refractivity contribution in [3.63, 3.8) is 0 Å². The Morgan fingerprint density at radius 1 is 1.07 bits per heavy atom. The average Bonchev–Trinajstić information content (AvgIpc) is 2.58. The molecule has 0 saturated heterocycles. The summed E-state index contributed by atoms with van der Waals surface area (Å²) in [6, 6.07) is 3.60. The molecule has 150 valence electrons. The van der Waals surface area contributed by atoms with Crippen LogP contribution >= 0.6 is 0 Å². The second kappa shape index (κ2) is 8.02. The summed E-state index contributed by atoms with van der Waals surface area (Å²) < 4.78 is 79.1. The summed E-state index contributed by atoms with van der Waals surface area (Å²) >= 11 is 0. The zero-order chi connectivity index (χ0) is 20.4. The summed E-state index contributed by atoms with van der Waals surface area (Å²) in [6.07, 6.45) is -10.3. The Morgan fingerprint density at radius 3 is 2.30 bits per heavy atom. The Bertz CT molecular complexity index is 788. The van der Waals surface area contributed by atoms with Gasteiger partial charge in [0.05, 0.1) is 17.2 Å². The van der Waals surface area contributed by atoms with Crippen LogP contribution in [-0.2, 0) is 12.4 Å². The zero-order valence-corrected chi connectivity index (χ0v) is 14.7. The smallest absolute Gasteiger partial charge is 0.387 e. The lowest BCUT2D eigenvalue weighted by molar-refractivity contribution is -0.142. The minimum absolute atomic E-state index is 0.0863. The molecule has 0 aliphatic rings. The van der Waals surface area contributed by atoms with Gasteiger partial charge in [-0.1, -0.05) is 32.4 Å². The maximum absolute atomic E-state index is 13.2. The Morgan fingerprint density at radius 2 is 1.74 bits per heavy atom. The lowest BCUT2D eigenvalue weighted by Crippen LogP contribution is -2.26. The molecule has 3 nitrogen and oxygen atoms in total. The van der Waals surface area contributed by atoms with Crippen molar-refractivity contribution in [1.82, 2.24) is 10.3 Å². The van der Waals surface area contributed by atoms with Crippen LogP contribution in [0.4, 0.5) is 26.3 Å². The van der Waals surface area contributed by atoms with Gasteiger partial charge < -0.3 is 10.4 Å². The standard InChI is InChI=1S/C18H20F6N2O/c1-3-10(2)8-25-9-14(27)12-7-15(18(22,23)24)26-16-11(12)5-4-6-13(16)17(19,20)21/h4-7,10,14,25,27H,3,8-9H2,1-2H3. The quantitative estimate of drug-likeness (QED) is 0.682. The molecule has 9 heteroatoms. The molecule has 2 N–H and O–H groups in total. The van der Waals surface area contributed by atoms with Crippen molar-refractivity contribution in [3.8, 4) is 0 Å². The number of alkyl halides is 6. The highest BCUT2D eigenvalue weighted by molar-refractivity contribution is 5.86. The van der Waals surface area contributed by atoms with E-state index < -0.39 is 35.2 Å². The highest BCUT2D eigenvalue weighted by atomic mass is 19.4. The molecule has 1 heterocycles. The van der Waals surface area contributed by atoms with Gasteiger partial charge in [0, 0.05) is 11.9 Å². The fourth-order valence-electron chi connectivity index (χ4n) is 2.65. The van der Waals surface area contributed by atoms with Gasteiger partial charge in [0.1, 0.15) is 5.69 Å². The van der Waals surface area contributed by atoms with Crippen LogP contribution in [0.15, 0.2) is 24.3 Å². The predicted molar refractivity (Wildman–Crippen MR) is 89.0 cm³/mol. The van der Waals surface area contributed by atoms with Crippen LogP contribution in [0, 0.1) is 5.92 Å². The fraction of sp³-hybridized carbons (Fsp3) is 0.500. The van der Waals surface area contributed by atoms with Crippen LogP contribution in [0.3, 0.4) is 0 Å². The van der Waals surface area contributed by atoms with Gasteiger partial charge in [0.25, 0.3) is 0 Å². The summed E-state index contributed by atoms with van der Waals surface area (Å²) in [6.45, 7) is 4.36. The molecule has 2 unspecified atom stereocenters. The first-order valence-corrected chi connectivity index (χ1v) is 8.42. The molecule has 0 bridgehead atoms. The topological polar surface area (TPSA) is 45.1 Å². The summed E-state index contributed by atoms with van der Waals surface area (Å²) in [5, 5.41) is 13.1. The van der Waals surface area contributed by atoms with Gasteiger partial charge in [-0.25, -0.2) is 4.98 Å². The molecule has 0 spiro atoms. The van der Waals surface area contributed by atoms with Crippen LogP contribution in [0.25, 0.3) is 10.9 Å². The molecule has 0 amide bonds. The van der Waals surface area contributed by atoms with E-state index >= 15 is 0 Å². The second-order valence-electron chi connectivity index (χ2n) is 6.48. The van der Waals surface area contributed by atoms with Crippen molar-refractivity contribution < 1.29 is 31.4 Å². The van der Waals surface area contributed by atoms with Crippen LogP contribution in [-0.4, -0.2) is 23.2 Å². The van der Waals surface area contributed by atoms with E-state index in [0.717, 1.165) is 12.5 Å². The van der Waals surface area contributed by atoms with Gasteiger partial charge >= 0.3 is 12.4 Å². The van der Waals surface area contributed by atoms with Crippen molar-refractivity contribution in [1.29, 1.82) is 0 Å². The van der Waals surface area contributed by atoms with E-state index in [1.807, 2.05) is 13.8 Å². The molecule has 0 radical (unpaired) electrons. The van der Waals surface area contributed by atoms with Gasteiger partial charge in [0.2, 0.25) is 0 Å². The summed E-state index contributed by atoms with van der Waals surface area (Å²) in [5.74, 6) is 0.286. The van der Waals surface area contributed by atoms with Crippen molar-refractivity contribution in [2.24, 2.45) is 5.92 Å². The summed E-state index contributed by atoms with van der Waals surface area (Å²) in [7, 11) is 0. The first-order chi connectivity index (χ1) is 12.4.